The molecule has 0 spiro atoms. The molecule has 2 aromatic carbocycles. The number of hydrogen-bond donors (Lipinski definition) is 1. The minimum Gasteiger partial charge on any atom is -0.489 e. The minimum atomic E-state index is 0.235. The van der Waals surface area contributed by atoms with Gasteiger partial charge < -0.3 is 10.1 Å². The zero-order chi connectivity index (χ0) is 12.5. The molecule has 2 nitrogen and oxygen atoms in total. The fourth-order valence-corrected chi connectivity index (χ4v) is 2.28. The first-order valence-corrected chi connectivity index (χ1v) is 6.29. The zero-order valence-corrected chi connectivity index (χ0v) is 10.7. The third-order valence-corrected chi connectivity index (χ3v) is 3.56. The van der Waals surface area contributed by atoms with Crippen LogP contribution in [0.4, 0.5) is 5.69 Å². The SMILES string of the molecule is Cc1ccc(C2COc3ccccc3N2)cc1C. The molecule has 0 aromatic heterocycles. The van der Waals surface area contributed by atoms with Gasteiger partial charge in [0.2, 0.25) is 0 Å². The van der Waals surface area contributed by atoms with Crippen molar-refractivity contribution in [2.45, 2.75) is 19.9 Å². The van der Waals surface area contributed by atoms with Crippen LogP contribution >= 0.6 is 0 Å². The monoisotopic (exact) mass is 239 g/mol. The number of ether oxygens (including phenoxy) is 1. The lowest BCUT2D eigenvalue weighted by atomic mass is 10.0. The summed E-state index contributed by atoms with van der Waals surface area (Å²) in [7, 11) is 0. The number of hydrogen-bond acceptors (Lipinski definition) is 2. The van der Waals surface area contributed by atoms with E-state index in [-0.39, 0.29) is 6.04 Å². The van der Waals surface area contributed by atoms with Gasteiger partial charge >= 0.3 is 0 Å². The Hall–Kier alpha value is -1.96. The Bertz CT molecular complexity index is 577. The Morgan fingerprint density at radius 3 is 2.72 bits per heavy atom. The molecule has 1 aliphatic heterocycles. The molecule has 0 aliphatic carbocycles. The maximum atomic E-state index is 5.80. The average molecular weight is 239 g/mol. The van der Waals surface area contributed by atoms with Gasteiger partial charge in [-0.2, -0.15) is 0 Å². The van der Waals surface area contributed by atoms with Gasteiger partial charge in [0, 0.05) is 0 Å². The molecule has 18 heavy (non-hydrogen) atoms. The third-order valence-electron chi connectivity index (χ3n) is 3.56. The fraction of sp³-hybridized carbons (Fsp3) is 0.250. The van der Waals surface area contributed by atoms with Gasteiger partial charge in [0.15, 0.2) is 0 Å². The molecule has 0 saturated heterocycles. The Morgan fingerprint density at radius 2 is 1.89 bits per heavy atom. The van der Waals surface area contributed by atoms with Crippen LogP contribution in [0.5, 0.6) is 5.75 Å². The number of fused-ring (bicyclic) bond motifs is 1. The van der Waals surface area contributed by atoms with E-state index >= 15 is 0 Å². The highest BCUT2D eigenvalue weighted by Gasteiger charge is 2.19. The van der Waals surface area contributed by atoms with Crippen molar-refractivity contribution in [3.63, 3.8) is 0 Å². The standard InChI is InChI=1S/C16H17NO/c1-11-7-8-13(9-12(11)2)15-10-18-16-6-4-3-5-14(16)17-15/h3-9,15,17H,10H2,1-2H3. The van der Waals surface area contributed by atoms with E-state index in [1.165, 1.54) is 16.7 Å². The summed E-state index contributed by atoms with van der Waals surface area (Å²) in [6, 6.07) is 14.9. The van der Waals surface area contributed by atoms with E-state index < -0.39 is 0 Å². The molecule has 0 amide bonds. The van der Waals surface area contributed by atoms with Gasteiger partial charge in [-0.05, 0) is 42.7 Å². The summed E-state index contributed by atoms with van der Waals surface area (Å²) in [5.74, 6) is 0.942. The first-order valence-electron chi connectivity index (χ1n) is 6.29. The molecule has 0 bridgehead atoms. The quantitative estimate of drug-likeness (QED) is 0.816. The van der Waals surface area contributed by atoms with Crippen molar-refractivity contribution in [1.82, 2.24) is 0 Å². The molecule has 3 rings (SSSR count). The molecule has 0 saturated carbocycles. The molecule has 2 heteroatoms. The highest BCUT2D eigenvalue weighted by atomic mass is 16.5. The smallest absolute Gasteiger partial charge is 0.142 e. The van der Waals surface area contributed by atoms with E-state index in [0.29, 0.717) is 6.61 Å². The summed E-state index contributed by atoms with van der Waals surface area (Å²) in [5.41, 5.74) is 5.02. The second-order valence-corrected chi connectivity index (χ2v) is 4.85. The van der Waals surface area contributed by atoms with Crippen LogP contribution in [0, 0.1) is 13.8 Å². The zero-order valence-electron chi connectivity index (χ0n) is 10.7. The normalized spacial score (nSPS) is 17.6. The highest BCUT2D eigenvalue weighted by molar-refractivity contribution is 5.59. The van der Waals surface area contributed by atoms with Gasteiger partial charge in [0.05, 0.1) is 11.7 Å². The predicted octanol–water partition coefficient (Wildman–Crippen LogP) is 3.85. The number of anilines is 1. The molecule has 0 fully saturated rings. The van der Waals surface area contributed by atoms with Gasteiger partial charge in [-0.3, -0.25) is 0 Å². The van der Waals surface area contributed by atoms with Crippen LogP contribution in [0.2, 0.25) is 0 Å². The number of aryl methyl sites for hydroxylation is 2. The minimum absolute atomic E-state index is 0.235. The van der Waals surface area contributed by atoms with E-state index in [1.807, 2.05) is 18.2 Å². The van der Waals surface area contributed by atoms with Crippen LogP contribution in [0.15, 0.2) is 42.5 Å². The first-order chi connectivity index (χ1) is 8.74. The third kappa shape index (κ3) is 1.94. The maximum absolute atomic E-state index is 5.80. The Labute approximate surface area is 108 Å². The van der Waals surface area contributed by atoms with Crippen LogP contribution in [0.3, 0.4) is 0 Å². The van der Waals surface area contributed by atoms with Crippen LogP contribution in [0.1, 0.15) is 22.7 Å². The lowest BCUT2D eigenvalue weighted by Crippen LogP contribution is -2.23. The van der Waals surface area contributed by atoms with Crippen molar-refractivity contribution in [2.24, 2.45) is 0 Å². The number of benzene rings is 2. The summed E-state index contributed by atoms with van der Waals surface area (Å²) in [4.78, 5) is 0. The van der Waals surface area contributed by atoms with Crippen molar-refractivity contribution < 1.29 is 4.74 Å². The molecule has 2 aromatic rings. The number of nitrogens with one attached hydrogen (secondary N) is 1. The van der Waals surface area contributed by atoms with E-state index in [0.717, 1.165) is 11.4 Å². The van der Waals surface area contributed by atoms with Crippen molar-refractivity contribution in [3.8, 4) is 5.75 Å². The Kier molecular flexibility index (Phi) is 2.71. The summed E-state index contributed by atoms with van der Waals surface area (Å²) in [6.45, 7) is 4.97. The molecular formula is C16H17NO. The highest BCUT2D eigenvalue weighted by Crippen LogP contribution is 2.33. The van der Waals surface area contributed by atoms with E-state index in [4.69, 9.17) is 4.74 Å². The molecule has 1 atom stereocenters. The number of rotatable bonds is 1. The molecule has 92 valence electrons. The molecule has 1 N–H and O–H groups in total. The lowest BCUT2D eigenvalue weighted by Gasteiger charge is -2.28. The van der Waals surface area contributed by atoms with Crippen molar-refractivity contribution in [3.05, 3.63) is 59.2 Å². The van der Waals surface area contributed by atoms with Gasteiger partial charge in [-0.15, -0.1) is 0 Å². The first kappa shape index (κ1) is 11.1. The van der Waals surface area contributed by atoms with Crippen molar-refractivity contribution in [1.29, 1.82) is 0 Å². The summed E-state index contributed by atoms with van der Waals surface area (Å²) < 4.78 is 5.80. The fourth-order valence-electron chi connectivity index (χ4n) is 2.28. The summed E-state index contributed by atoms with van der Waals surface area (Å²) in [6.07, 6.45) is 0. The largest absolute Gasteiger partial charge is 0.489 e. The second kappa shape index (κ2) is 4.37. The van der Waals surface area contributed by atoms with Crippen LogP contribution in [-0.2, 0) is 0 Å². The molecule has 1 heterocycles. The predicted molar refractivity (Wildman–Crippen MR) is 74.2 cm³/mol. The van der Waals surface area contributed by atoms with Gasteiger partial charge in [0.1, 0.15) is 12.4 Å². The average Bonchev–Trinajstić information content (AvgIpc) is 2.41. The lowest BCUT2D eigenvalue weighted by molar-refractivity contribution is 0.286. The van der Waals surface area contributed by atoms with Crippen molar-refractivity contribution >= 4 is 5.69 Å². The van der Waals surface area contributed by atoms with Gasteiger partial charge in [0.25, 0.3) is 0 Å². The maximum Gasteiger partial charge on any atom is 0.142 e. The number of para-hydroxylation sites is 2. The van der Waals surface area contributed by atoms with Crippen LogP contribution in [0.25, 0.3) is 0 Å². The molecule has 1 aliphatic rings. The van der Waals surface area contributed by atoms with Gasteiger partial charge in [-0.25, -0.2) is 0 Å². The Morgan fingerprint density at radius 1 is 1.06 bits per heavy atom. The molecular weight excluding hydrogens is 222 g/mol. The molecule has 0 radical (unpaired) electrons. The van der Waals surface area contributed by atoms with Crippen LogP contribution in [-0.4, -0.2) is 6.61 Å². The van der Waals surface area contributed by atoms with Gasteiger partial charge in [-0.1, -0.05) is 30.3 Å². The summed E-state index contributed by atoms with van der Waals surface area (Å²) in [5, 5.41) is 3.53. The van der Waals surface area contributed by atoms with E-state index in [2.05, 4.69) is 43.4 Å². The van der Waals surface area contributed by atoms with E-state index in [9.17, 15) is 0 Å². The second-order valence-electron chi connectivity index (χ2n) is 4.85. The summed E-state index contributed by atoms with van der Waals surface area (Å²) >= 11 is 0. The van der Waals surface area contributed by atoms with Crippen molar-refractivity contribution in [2.75, 3.05) is 11.9 Å². The van der Waals surface area contributed by atoms with E-state index in [1.54, 1.807) is 0 Å². The Balaban J connectivity index is 1.89. The topological polar surface area (TPSA) is 21.3 Å². The van der Waals surface area contributed by atoms with Crippen LogP contribution < -0.4 is 10.1 Å². The molecule has 1 unspecified atom stereocenters.